The first-order valence-electron chi connectivity index (χ1n) is 11.9. The number of benzene rings is 3. The van der Waals surface area contributed by atoms with Crippen molar-refractivity contribution in [1.29, 1.82) is 0 Å². The molecule has 1 unspecified atom stereocenters. The van der Waals surface area contributed by atoms with E-state index in [9.17, 15) is 19.7 Å². The molecule has 2 N–H and O–H groups in total. The highest BCUT2D eigenvalue weighted by Gasteiger charge is 2.24. The number of para-hydroxylation sites is 3. The number of nitrogens with one attached hydrogen (secondary N) is 2. The first-order valence-corrected chi connectivity index (χ1v) is 11.9. The van der Waals surface area contributed by atoms with Crippen molar-refractivity contribution in [3.63, 3.8) is 0 Å². The molecule has 1 heterocycles. The lowest BCUT2D eigenvalue weighted by molar-refractivity contribution is -0.384. The molecule has 0 spiro atoms. The minimum Gasteiger partial charge on any atom is -0.363 e. The molecule has 2 amide bonds. The maximum atomic E-state index is 12.9. The molecule has 1 saturated heterocycles. The number of carbonyl (C=O) groups excluding carboxylic acids is 2. The Balaban J connectivity index is 1.33. The Morgan fingerprint density at radius 1 is 0.917 bits per heavy atom. The Morgan fingerprint density at radius 2 is 1.56 bits per heavy atom. The third kappa shape index (κ3) is 6.05. The van der Waals surface area contributed by atoms with Crippen LogP contribution in [0.15, 0.2) is 78.9 Å². The van der Waals surface area contributed by atoms with E-state index >= 15 is 0 Å². The van der Waals surface area contributed by atoms with E-state index in [4.69, 9.17) is 0 Å². The highest BCUT2D eigenvalue weighted by atomic mass is 16.6. The van der Waals surface area contributed by atoms with Crippen molar-refractivity contribution >= 4 is 28.9 Å². The molecule has 36 heavy (non-hydrogen) atoms. The Morgan fingerprint density at radius 3 is 2.28 bits per heavy atom. The molecule has 1 fully saturated rings. The van der Waals surface area contributed by atoms with E-state index in [0.29, 0.717) is 43.1 Å². The van der Waals surface area contributed by atoms with E-state index in [1.165, 1.54) is 6.07 Å². The van der Waals surface area contributed by atoms with Crippen LogP contribution in [0.3, 0.4) is 0 Å². The van der Waals surface area contributed by atoms with Crippen LogP contribution in [0.5, 0.6) is 0 Å². The third-order valence-corrected chi connectivity index (χ3v) is 6.25. The standard InChI is InChI=1S/C27H29N5O4/c1-20(21-9-3-2-4-10-21)28-27(34)22-11-5-6-12-23(22)29-26(33)19-30-15-17-31(18-16-30)24-13-7-8-14-25(24)32(35)36/h2-14,20H,15-19H2,1H3,(H,28,34)(H,29,33). The van der Waals surface area contributed by atoms with Crippen LogP contribution in [0.4, 0.5) is 17.1 Å². The second-order valence-electron chi connectivity index (χ2n) is 8.71. The van der Waals surface area contributed by atoms with Crippen LogP contribution in [-0.2, 0) is 4.79 Å². The van der Waals surface area contributed by atoms with Gasteiger partial charge in [0.1, 0.15) is 5.69 Å². The molecule has 0 aromatic heterocycles. The van der Waals surface area contributed by atoms with E-state index in [-0.39, 0.29) is 35.0 Å². The molecule has 0 radical (unpaired) electrons. The number of hydrogen-bond acceptors (Lipinski definition) is 6. The van der Waals surface area contributed by atoms with Crippen molar-refractivity contribution in [3.05, 3.63) is 100 Å². The normalized spacial score (nSPS) is 14.6. The molecule has 0 aliphatic carbocycles. The predicted octanol–water partition coefficient (Wildman–Crippen LogP) is 3.85. The third-order valence-electron chi connectivity index (χ3n) is 6.25. The van der Waals surface area contributed by atoms with E-state index < -0.39 is 0 Å². The fourth-order valence-electron chi connectivity index (χ4n) is 4.32. The average Bonchev–Trinajstić information content (AvgIpc) is 2.90. The van der Waals surface area contributed by atoms with E-state index in [2.05, 4.69) is 10.6 Å². The molecule has 9 heteroatoms. The van der Waals surface area contributed by atoms with Crippen molar-refractivity contribution in [1.82, 2.24) is 10.2 Å². The van der Waals surface area contributed by atoms with E-state index in [1.807, 2.05) is 47.1 Å². The number of amides is 2. The second kappa shape index (κ2) is 11.5. The molecule has 3 aromatic rings. The smallest absolute Gasteiger partial charge is 0.292 e. The van der Waals surface area contributed by atoms with Gasteiger partial charge in [0.25, 0.3) is 11.6 Å². The van der Waals surface area contributed by atoms with Gasteiger partial charge in [-0.25, -0.2) is 0 Å². The number of piperazine rings is 1. The maximum Gasteiger partial charge on any atom is 0.292 e. The summed E-state index contributed by atoms with van der Waals surface area (Å²) in [6, 6.07) is 23.1. The SMILES string of the molecule is CC(NC(=O)c1ccccc1NC(=O)CN1CCN(c2ccccc2[N+](=O)[O-])CC1)c1ccccc1. The zero-order chi connectivity index (χ0) is 25.5. The van der Waals surface area contributed by atoms with Gasteiger partial charge in [0, 0.05) is 32.2 Å². The number of carbonyl (C=O) groups is 2. The van der Waals surface area contributed by atoms with Crippen LogP contribution in [0.2, 0.25) is 0 Å². The van der Waals surface area contributed by atoms with Crippen LogP contribution >= 0.6 is 0 Å². The van der Waals surface area contributed by atoms with Gasteiger partial charge in [-0.3, -0.25) is 24.6 Å². The summed E-state index contributed by atoms with van der Waals surface area (Å²) in [7, 11) is 0. The number of anilines is 2. The van der Waals surface area contributed by atoms with Gasteiger partial charge in [-0.1, -0.05) is 54.6 Å². The lowest BCUT2D eigenvalue weighted by atomic mass is 10.1. The minimum absolute atomic E-state index is 0.0835. The van der Waals surface area contributed by atoms with Crippen molar-refractivity contribution < 1.29 is 14.5 Å². The first-order chi connectivity index (χ1) is 17.4. The Kier molecular flexibility index (Phi) is 7.92. The van der Waals surface area contributed by atoms with E-state index in [1.54, 1.807) is 42.5 Å². The topological polar surface area (TPSA) is 108 Å². The Labute approximate surface area is 209 Å². The molecule has 3 aromatic carbocycles. The lowest BCUT2D eigenvalue weighted by Crippen LogP contribution is -2.48. The molecule has 186 valence electrons. The molecule has 1 atom stereocenters. The van der Waals surface area contributed by atoms with Gasteiger partial charge in [-0.05, 0) is 30.7 Å². The predicted molar refractivity (Wildman–Crippen MR) is 139 cm³/mol. The zero-order valence-electron chi connectivity index (χ0n) is 20.1. The molecule has 9 nitrogen and oxygen atoms in total. The summed E-state index contributed by atoms with van der Waals surface area (Å²) in [6.45, 7) is 4.43. The quantitative estimate of drug-likeness (QED) is 0.369. The summed E-state index contributed by atoms with van der Waals surface area (Å²) < 4.78 is 0. The van der Waals surface area contributed by atoms with Crippen LogP contribution in [-0.4, -0.2) is 54.4 Å². The Hall–Kier alpha value is -4.24. The summed E-state index contributed by atoms with van der Waals surface area (Å²) >= 11 is 0. The molecule has 0 bridgehead atoms. The summed E-state index contributed by atoms with van der Waals surface area (Å²) in [5, 5.41) is 17.2. The lowest BCUT2D eigenvalue weighted by Gasteiger charge is -2.35. The zero-order valence-corrected chi connectivity index (χ0v) is 20.1. The number of nitro groups is 1. The molecular formula is C27H29N5O4. The average molecular weight is 488 g/mol. The molecule has 0 saturated carbocycles. The van der Waals surface area contributed by atoms with Crippen molar-refractivity contribution in [2.45, 2.75) is 13.0 Å². The van der Waals surface area contributed by atoms with Crippen LogP contribution in [0, 0.1) is 10.1 Å². The van der Waals surface area contributed by atoms with Gasteiger partial charge >= 0.3 is 0 Å². The van der Waals surface area contributed by atoms with Crippen LogP contribution in [0.25, 0.3) is 0 Å². The molecular weight excluding hydrogens is 458 g/mol. The van der Waals surface area contributed by atoms with Gasteiger partial charge in [0.2, 0.25) is 5.91 Å². The second-order valence-corrected chi connectivity index (χ2v) is 8.71. The summed E-state index contributed by atoms with van der Waals surface area (Å²) in [5.74, 6) is -0.481. The monoisotopic (exact) mass is 487 g/mol. The van der Waals surface area contributed by atoms with Gasteiger partial charge in [-0.15, -0.1) is 0 Å². The van der Waals surface area contributed by atoms with E-state index in [0.717, 1.165) is 5.56 Å². The molecule has 4 rings (SSSR count). The maximum absolute atomic E-state index is 12.9. The number of hydrogen-bond donors (Lipinski definition) is 2. The summed E-state index contributed by atoms with van der Waals surface area (Å²) in [4.78, 5) is 40.7. The summed E-state index contributed by atoms with van der Waals surface area (Å²) in [5.41, 5.74) is 2.53. The highest BCUT2D eigenvalue weighted by molar-refractivity contribution is 6.04. The number of nitrogens with zero attached hydrogens (tertiary/aromatic N) is 3. The largest absolute Gasteiger partial charge is 0.363 e. The first kappa shape index (κ1) is 24.9. The van der Waals surface area contributed by atoms with Crippen LogP contribution < -0.4 is 15.5 Å². The van der Waals surface area contributed by atoms with Crippen molar-refractivity contribution in [2.75, 3.05) is 42.9 Å². The van der Waals surface area contributed by atoms with Crippen molar-refractivity contribution in [2.24, 2.45) is 0 Å². The Bertz CT molecular complexity index is 1230. The summed E-state index contributed by atoms with van der Waals surface area (Å²) in [6.07, 6.45) is 0. The van der Waals surface area contributed by atoms with Gasteiger partial charge in [0.05, 0.1) is 28.8 Å². The fraction of sp³-hybridized carbons (Fsp3) is 0.259. The minimum atomic E-state index is -0.372. The molecule has 1 aliphatic rings. The number of nitro benzene ring substituents is 1. The van der Waals surface area contributed by atoms with Gasteiger partial charge in [0.15, 0.2) is 0 Å². The highest BCUT2D eigenvalue weighted by Crippen LogP contribution is 2.28. The van der Waals surface area contributed by atoms with Gasteiger partial charge < -0.3 is 15.5 Å². The van der Waals surface area contributed by atoms with Crippen molar-refractivity contribution in [3.8, 4) is 0 Å². The fourth-order valence-corrected chi connectivity index (χ4v) is 4.32. The molecule has 1 aliphatic heterocycles. The van der Waals surface area contributed by atoms with Gasteiger partial charge in [-0.2, -0.15) is 0 Å². The number of rotatable bonds is 8. The van der Waals surface area contributed by atoms with Crippen LogP contribution in [0.1, 0.15) is 28.9 Å².